The van der Waals surface area contributed by atoms with E-state index in [4.69, 9.17) is 0 Å². The second-order valence-corrected chi connectivity index (χ2v) is 7.56. The number of amides is 1. The summed E-state index contributed by atoms with van der Waals surface area (Å²) in [6.07, 6.45) is 9.00. The minimum absolute atomic E-state index is 0.278. The molecule has 1 aromatic carbocycles. The van der Waals surface area contributed by atoms with Gasteiger partial charge in [0.25, 0.3) is 0 Å². The van der Waals surface area contributed by atoms with E-state index in [2.05, 4.69) is 30.0 Å². The first kappa shape index (κ1) is 17.5. The van der Waals surface area contributed by atoms with E-state index in [0.717, 1.165) is 25.9 Å². The van der Waals surface area contributed by atoms with Crippen molar-refractivity contribution in [3.05, 3.63) is 34.9 Å². The summed E-state index contributed by atoms with van der Waals surface area (Å²) in [7, 11) is 2.00. The molecular weight excluding hydrogens is 296 g/mol. The van der Waals surface area contributed by atoms with Crippen LogP contribution in [0, 0.1) is 0 Å². The molecular formula is C21H32N2O. The first-order chi connectivity index (χ1) is 11.7. The number of fused-ring (bicyclic) bond motifs is 1. The van der Waals surface area contributed by atoms with E-state index in [1.54, 1.807) is 0 Å². The molecule has 1 aliphatic carbocycles. The molecule has 0 bridgehead atoms. The van der Waals surface area contributed by atoms with Crippen LogP contribution >= 0.6 is 0 Å². The first-order valence-corrected chi connectivity index (χ1v) is 9.76. The number of hydrogen-bond donors (Lipinski definition) is 0. The number of piperidine rings is 1. The highest BCUT2D eigenvalue weighted by Gasteiger charge is 2.25. The highest BCUT2D eigenvalue weighted by Crippen LogP contribution is 2.23. The zero-order valence-electron chi connectivity index (χ0n) is 15.4. The minimum Gasteiger partial charge on any atom is -0.342 e. The quantitative estimate of drug-likeness (QED) is 0.826. The van der Waals surface area contributed by atoms with Gasteiger partial charge in [-0.15, -0.1) is 0 Å². The van der Waals surface area contributed by atoms with Gasteiger partial charge in [0.15, 0.2) is 0 Å². The summed E-state index contributed by atoms with van der Waals surface area (Å²) >= 11 is 0. The lowest BCUT2D eigenvalue weighted by Gasteiger charge is -2.36. The monoisotopic (exact) mass is 328 g/mol. The van der Waals surface area contributed by atoms with Crippen LogP contribution in [0.1, 0.15) is 55.7 Å². The molecule has 0 atom stereocenters. The van der Waals surface area contributed by atoms with E-state index in [0.29, 0.717) is 12.5 Å². The maximum absolute atomic E-state index is 12.7. The molecule has 1 saturated heterocycles. The lowest BCUT2D eigenvalue weighted by atomic mass is 9.90. The van der Waals surface area contributed by atoms with Crippen molar-refractivity contribution in [1.82, 2.24) is 9.80 Å². The van der Waals surface area contributed by atoms with E-state index in [9.17, 15) is 4.79 Å². The summed E-state index contributed by atoms with van der Waals surface area (Å²) in [6.45, 7) is 5.70. The number of benzene rings is 1. The number of carbonyl (C=O) groups is 1. The summed E-state index contributed by atoms with van der Waals surface area (Å²) in [5, 5.41) is 0. The molecule has 0 unspecified atom stereocenters. The van der Waals surface area contributed by atoms with Gasteiger partial charge in [0, 0.05) is 26.2 Å². The van der Waals surface area contributed by atoms with Gasteiger partial charge in [-0.25, -0.2) is 0 Å². The summed E-state index contributed by atoms with van der Waals surface area (Å²) < 4.78 is 0. The van der Waals surface area contributed by atoms with Crippen LogP contribution in [0.15, 0.2) is 18.2 Å². The Bertz CT molecular complexity index is 561. The fourth-order valence-electron chi connectivity index (χ4n) is 4.25. The van der Waals surface area contributed by atoms with Gasteiger partial charge >= 0.3 is 0 Å². The average molecular weight is 329 g/mol. The zero-order valence-corrected chi connectivity index (χ0v) is 15.4. The van der Waals surface area contributed by atoms with Gasteiger partial charge in [-0.3, -0.25) is 4.79 Å². The first-order valence-electron chi connectivity index (χ1n) is 9.76. The van der Waals surface area contributed by atoms with E-state index >= 15 is 0 Å². The summed E-state index contributed by atoms with van der Waals surface area (Å²) in [5.41, 5.74) is 4.16. The molecule has 0 aromatic heterocycles. The Morgan fingerprint density at radius 2 is 1.88 bits per heavy atom. The molecule has 3 nitrogen and oxygen atoms in total. The summed E-state index contributed by atoms with van der Waals surface area (Å²) in [6, 6.07) is 7.12. The highest BCUT2D eigenvalue weighted by atomic mass is 16.2. The Morgan fingerprint density at radius 3 is 2.58 bits per heavy atom. The van der Waals surface area contributed by atoms with Gasteiger partial charge < -0.3 is 9.80 Å². The lowest BCUT2D eigenvalue weighted by molar-refractivity contribution is -0.132. The van der Waals surface area contributed by atoms with E-state index < -0.39 is 0 Å². The Morgan fingerprint density at radius 1 is 1.17 bits per heavy atom. The molecule has 1 fully saturated rings. The molecule has 0 saturated carbocycles. The third kappa shape index (κ3) is 4.18. The predicted octanol–water partition coefficient (Wildman–Crippen LogP) is 3.44. The van der Waals surface area contributed by atoms with Gasteiger partial charge in [-0.1, -0.05) is 25.1 Å². The van der Waals surface area contributed by atoms with Gasteiger partial charge in [0.1, 0.15) is 0 Å². The molecule has 3 rings (SSSR count). The second-order valence-electron chi connectivity index (χ2n) is 7.56. The molecule has 1 amide bonds. The van der Waals surface area contributed by atoms with Gasteiger partial charge in [0.2, 0.25) is 5.91 Å². The van der Waals surface area contributed by atoms with Gasteiger partial charge in [0.05, 0.1) is 6.42 Å². The van der Waals surface area contributed by atoms with Crippen LogP contribution in [0.2, 0.25) is 0 Å². The number of carbonyl (C=O) groups excluding carboxylic acids is 1. The van der Waals surface area contributed by atoms with Crippen LogP contribution in [-0.4, -0.2) is 48.4 Å². The number of aryl methyl sites for hydroxylation is 2. The van der Waals surface area contributed by atoms with Crippen LogP contribution in [0.5, 0.6) is 0 Å². The van der Waals surface area contributed by atoms with E-state index in [1.165, 1.54) is 55.3 Å². The Kier molecular flexibility index (Phi) is 5.94. The van der Waals surface area contributed by atoms with Crippen LogP contribution in [0.25, 0.3) is 0 Å². The molecule has 24 heavy (non-hydrogen) atoms. The third-order valence-electron chi connectivity index (χ3n) is 5.81. The fraction of sp³-hybridized carbons (Fsp3) is 0.667. The van der Waals surface area contributed by atoms with Gasteiger partial charge in [-0.2, -0.15) is 0 Å². The van der Waals surface area contributed by atoms with Crippen LogP contribution in [0.4, 0.5) is 0 Å². The van der Waals surface area contributed by atoms with Crippen molar-refractivity contribution in [1.29, 1.82) is 0 Å². The molecule has 3 heteroatoms. The van der Waals surface area contributed by atoms with Crippen LogP contribution in [0.3, 0.4) is 0 Å². The average Bonchev–Trinajstić information content (AvgIpc) is 2.62. The maximum Gasteiger partial charge on any atom is 0.226 e. The molecule has 0 N–H and O–H groups in total. The van der Waals surface area contributed by atoms with E-state index in [-0.39, 0.29) is 5.91 Å². The van der Waals surface area contributed by atoms with Crippen molar-refractivity contribution in [2.24, 2.45) is 0 Å². The fourth-order valence-corrected chi connectivity index (χ4v) is 4.25. The Labute approximate surface area is 147 Å². The molecule has 1 aliphatic heterocycles. The van der Waals surface area contributed by atoms with Crippen molar-refractivity contribution in [2.45, 2.75) is 64.3 Å². The van der Waals surface area contributed by atoms with Crippen molar-refractivity contribution in [3.8, 4) is 0 Å². The normalized spacial score (nSPS) is 19.1. The lowest BCUT2D eigenvalue weighted by Crippen LogP contribution is -2.46. The standard InChI is InChI=1S/C21H32N2O/c1-3-12-23-13-10-20(11-14-23)22(2)21(24)16-17-8-9-18-6-4-5-7-19(18)15-17/h8-9,15,20H,3-7,10-14,16H2,1-2H3. The van der Waals surface area contributed by atoms with Gasteiger partial charge in [-0.05, 0) is 68.2 Å². The highest BCUT2D eigenvalue weighted by molar-refractivity contribution is 5.79. The van der Waals surface area contributed by atoms with Crippen LogP contribution < -0.4 is 0 Å². The summed E-state index contributed by atoms with van der Waals surface area (Å²) in [4.78, 5) is 17.2. The predicted molar refractivity (Wildman–Crippen MR) is 99.3 cm³/mol. The molecule has 0 spiro atoms. The zero-order chi connectivity index (χ0) is 16.9. The van der Waals surface area contributed by atoms with Crippen molar-refractivity contribution in [3.63, 3.8) is 0 Å². The number of rotatable bonds is 5. The van der Waals surface area contributed by atoms with E-state index in [1.807, 2.05) is 11.9 Å². The molecule has 1 aromatic rings. The molecule has 0 radical (unpaired) electrons. The molecule has 132 valence electrons. The third-order valence-corrected chi connectivity index (χ3v) is 5.81. The number of nitrogens with zero attached hydrogens (tertiary/aromatic N) is 2. The SMILES string of the molecule is CCCN1CCC(N(C)C(=O)Cc2ccc3c(c2)CCCC3)CC1. The summed E-state index contributed by atoms with van der Waals surface area (Å²) in [5.74, 6) is 0.278. The van der Waals surface area contributed by atoms with Crippen molar-refractivity contribution < 1.29 is 4.79 Å². The topological polar surface area (TPSA) is 23.6 Å². The smallest absolute Gasteiger partial charge is 0.226 e. The molecule has 2 aliphatic rings. The largest absolute Gasteiger partial charge is 0.342 e. The number of likely N-dealkylation sites (tertiary alicyclic amines) is 1. The Hall–Kier alpha value is -1.35. The number of hydrogen-bond acceptors (Lipinski definition) is 2. The second kappa shape index (κ2) is 8.15. The van der Waals surface area contributed by atoms with Crippen molar-refractivity contribution >= 4 is 5.91 Å². The maximum atomic E-state index is 12.7. The molecule has 1 heterocycles. The number of likely N-dealkylation sites (N-methyl/N-ethyl adjacent to an activating group) is 1. The Balaban J connectivity index is 1.55. The van der Waals surface area contributed by atoms with Crippen LogP contribution in [-0.2, 0) is 24.1 Å². The van der Waals surface area contributed by atoms with Crippen molar-refractivity contribution in [2.75, 3.05) is 26.7 Å². The minimum atomic E-state index is 0.278.